The second kappa shape index (κ2) is 6.26. The smallest absolute Gasteiger partial charge is 0.416 e. The van der Waals surface area contributed by atoms with Crippen molar-refractivity contribution < 1.29 is 17.9 Å². The topological polar surface area (TPSA) is 47.9 Å². The Bertz CT molecular complexity index is 634. The van der Waals surface area contributed by atoms with Crippen molar-refractivity contribution in [3.8, 4) is 6.01 Å². The zero-order valence-electron chi connectivity index (χ0n) is 11.0. The maximum absolute atomic E-state index is 12.7. The third-order valence-corrected chi connectivity index (χ3v) is 2.69. The van der Waals surface area contributed by atoms with E-state index in [-0.39, 0.29) is 23.5 Å². The molecule has 2 rings (SSSR count). The third kappa shape index (κ3) is 4.29. The van der Waals surface area contributed by atoms with Gasteiger partial charge in [0.15, 0.2) is 0 Å². The van der Waals surface area contributed by atoms with Crippen LogP contribution in [0, 0.1) is 0 Å². The van der Waals surface area contributed by atoms with E-state index in [1.165, 1.54) is 6.07 Å². The summed E-state index contributed by atoms with van der Waals surface area (Å²) in [7, 11) is 0. The summed E-state index contributed by atoms with van der Waals surface area (Å²) >= 11 is 5.73. The number of aromatic nitrogens is 3. The van der Waals surface area contributed by atoms with Gasteiger partial charge in [-0.05, 0) is 30.2 Å². The Balaban J connectivity index is 2.26. The molecule has 0 radical (unpaired) electrons. The lowest BCUT2D eigenvalue weighted by Gasteiger charge is -2.09. The second-order valence-corrected chi connectivity index (χ2v) is 4.45. The highest BCUT2D eigenvalue weighted by Crippen LogP contribution is 2.29. The Labute approximate surface area is 124 Å². The summed E-state index contributed by atoms with van der Waals surface area (Å²) in [5.74, 6) is 0.248. The Morgan fingerprint density at radius 3 is 2.62 bits per heavy atom. The van der Waals surface area contributed by atoms with Gasteiger partial charge in [-0.1, -0.05) is 18.2 Å². The summed E-state index contributed by atoms with van der Waals surface area (Å²) in [6, 6.07) is 5.02. The number of hydrogen-bond donors (Lipinski definition) is 0. The van der Waals surface area contributed by atoms with Gasteiger partial charge < -0.3 is 4.74 Å². The Kier molecular flexibility index (Phi) is 4.62. The molecule has 0 spiro atoms. The number of benzene rings is 1. The van der Waals surface area contributed by atoms with Crippen LogP contribution in [0.4, 0.5) is 13.2 Å². The van der Waals surface area contributed by atoms with Gasteiger partial charge in [0.1, 0.15) is 5.82 Å². The fourth-order valence-corrected chi connectivity index (χ4v) is 1.85. The predicted molar refractivity (Wildman–Crippen MR) is 70.3 cm³/mol. The summed E-state index contributed by atoms with van der Waals surface area (Å²) in [4.78, 5) is 11.6. The minimum absolute atomic E-state index is 0.0551. The average Bonchev–Trinajstić information content (AvgIpc) is 2.37. The number of alkyl halides is 3. The van der Waals surface area contributed by atoms with Gasteiger partial charge in [-0.2, -0.15) is 23.1 Å². The molecule has 0 bridgehead atoms. The van der Waals surface area contributed by atoms with Gasteiger partial charge in [0, 0.05) is 6.42 Å². The molecule has 1 aromatic heterocycles. The molecule has 21 heavy (non-hydrogen) atoms. The molecule has 0 aliphatic carbocycles. The molecule has 112 valence electrons. The van der Waals surface area contributed by atoms with E-state index in [2.05, 4.69) is 15.0 Å². The molecule has 0 atom stereocenters. The quantitative estimate of drug-likeness (QED) is 0.865. The first kappa shape index (κ1) is 15.5. The van der Waals surface area contributed by atoms with E-state index in [0.29, 0.717) is 12.2 Å². The van der Waals surface area contributed by atoms with Crippen molar-refractivity contribution in [2.75, 3.05) is 6.61 Å². The molecule has 0 saturated heterocycles. The largest absolute Gasteiger partial charge is 0.464 e. The van der Waals surface area contributed by atoms with Crippen LogP contribution in [0.3, 0.4) is 0 Å². The SMILES string of the molecule is CCOc1nc(Cl)nc(Cc2cccc(C(F)(F)F)c2)n1. The van der Waals surface area contributed by atoms with Crippen molar-refractivity contribution in [3.05, 3.63) is 46.5 Å². The Morgan fingerprint density at radius 1 is 1.19 bits per heavy atom. The van der Waals surface area contributed by atoms with Crippen molar-refractivity contribution in [1.29, 1.82) is 0 Å². The molecule has 0 unspecified atom stereocenters. The van der Waals surface area contributed by atoms with Crippen molar-refractivity contribution in [2.24, 2.45) is 0 Å². The summed E-state index contributed by atoms with van der Waals surface area (Å²) < 4.78 is 43.1. The van der Waals surface area contributed by atoms with E-state index in [0.717, 1.165) is 12.1 Å². The Hall–Kier alpha value is -1.89. The lowest BCUT2D eigenvalue weighted by Crippen LogP contribution is -2.07. The zero-order chi connectivity index (χ0) is 15.5. The van der Waals surface area contributed by atoms with E-state index in [9.17, 15) is 13.2 Å². The lowest BCUT2D eigenvalue weighted by molar-refractivity contribution is -0.137. The van der Waals surface area contributed by atoms with Crippen LogP contribution in [0.1, 0.15) is 23.9 Å². The van der Waals surface area contributed by atoms with Gasteiger partial charge in [0.2, 0.25) is 5.28 Å². The van der Waals surface area contributed by atoms with Crippen LogP contribution in [0.25, 0.3) is 0 Å². The fourth-order valence-electron chi connectivity index (χ4n) is 1.68. The van der Waals surface area contributed by atoms with E-state index in [4.69, 9.17) is 16.3 Å². The molecule has 0 aliphatic heterocycles. The highest BCUT2D eigenvalue weighted by Gasteiger charge is 2.30. The van der Waals surface area contributed by atoms with Crippen molar-refractivity contribution in [2.45, 2.75) is 19.5 Å². The van der Waals surface area contributed by atoms with Crippen LogP contribution in [-0.4, -0.2) is 21.6 Å². The predicted octanol–water partition coefficient (Wildman–Crippen LogP) is 3.53. The van der Waals surface area contributed by atoms with Crippen molar-refractivity contribution in [1.82, 2.24) is 15.0 Å². The minimum Gasteiger partial charge on any atom is -0.464 e. The molecule has 0 fully saturated rings. The number of nitrogens with zero attached hydrogens (tertiary/aromatic N) is 3. The van der Waals surface area contributed by atoms with Crippen LogP contribution < -0.4 is 4.74 Å². The number of rotatable bonds is 4. The monoisotopic (exact) mass is 317 g/mol. The second-order valence-electron chi connectivity index (χ2n) is 4.11. The highest BCUT2D eigenvalue weighted by molar-refractivity contribution is 6.28. The molecular weight excluding hydrogens is 307 g/mol. The molecule has 0 saturated carbocycles. The molecule has 4 nitrogen and oxygen atoms in total. The fraction of sp³-hybridized carbons (Fsp3) is 0.308. The molecule has 1 aromatic carbocycles. The van der Waals surface area contributed by atoms with Gasteiger partial charge in [0.25, 0.3) is 0 Å². The van der Waals surface area contributed by atoms with Crippen LogP contribution >= 0.6 is 11.6 Å². The first-order valence-electron chi connectivity index (χ1n) is 6.08. The van der Waals surface area contributed by atoms with E-state index in [1.54, 1.807) is 13.0 Å². The van der Waals surface area contributed by atoms with Crippen LogP contribution in [0.2, 0.25) is 5.28 Å². The van der Waals surface area contributed by atoms with Gasteiger partial charge in [-0.3, -0.25) is 0 Å². The highest BCUT2D eigenvalue weighted by atomic mass is 35.5. The molecule has 1 heterocycles. The normalized spacial score (nSPS) is 11.5. The van der Waals surface area contributed by atoms with E-state index in [1.807, 2.05) is 0 Å². The molecular formula is C13H11ClF3N3O. The maximum Gasteiger partial charge on any atom is 0.416 e. The van der Waals surface area contributed by atoms with E-state index >= 15 is 0 Å². The Morgan fingerprint density at radius 2 is 1.95 bits per heavy atom. The number of hydrogen-bond acceptors (Lipinski definition) is 4. The van der Waals surface area contributed by atoms with Crippen molar-refractivity contribution in [3.63, 3.8) is 0 Å². The van der Waals surface area contributed by atoms with Crippen LogP contribution in [0.15, 0.2) is 24.3 Å². The van der Waals surface area contributed by atoms with Gasteiger partial charge in [-0.25, -0.2) is 4.98 Å². The summed E-state index contributed by atoms with van der Waals surface area (Å²) in [6.07, 6.45) is -4.28. The summed E-state index contributed by atoms with van der Waals surface area (Å²) in [5, 5.41) is -0.0598. The molecule has 0 amide bonds. The zero-order valence-corrected chi connectivity index (χ0v) is 11.7. The lowest BCUT2D eigenvalue weighted by atomic mass is 10.1. The van der Waals surface area contributed by atoms with Crippen molar-refractivity contribution >= 4 is 11.6 Å². The first-order valence-corrected chi connectivity index (χ1v) is 6.45. The van der Waals surface area contributed by atoms with Gasteiger partial charge in [-0.15, -0.1) is 0 Å². The van der Waals surface area contributed by atoms with Gasteiger partial charge >= 0.3 is 12.2 Å². The van der Waals surface area contributed by atoms with Crippen LogP contribution in [-0.2, 0) is 12.6 Å². The minimum atomic E-state index is -4.39. The molecule has 0 N–H and O–H groups in total. The standard InChI is InChI=1S/C13H11ClF3N3O/c1-2-21-12-19-10(18-11(14)20-12)7-8-4-3-5-9(6-8)13(15,16)17/h3-6H,2,7H2,1H3. The average molecular weight is 318 g/mol. The number of ether oxygens (including phenoxy) is 1. The van der Waals surface area contributed by atoms with Gasteiger partial charge in [0.05, 0.1) is 12.2 Å². The molecule has 0 aliphatic rings. The van der Waals surface area contributed by atoms with E-state index < -0.39 is 11.7 Å². The summed E-state index contributed by atoms with van der Waals surface area (Å²) in [6.45, 7) is 2.10. The molecule has 2 aromatic rings. The van der Waals surface area contributed by atoms with Crippen LogP contribution in [0.5, 0.6) is 6.01 Å². The maximum atomic E-state index is 12.7. The molecule has 8 heteroatoms. The third-order valence-electron chi connectivity index (χ3n) is 2.52. The summed E-state index contributed by atoms with van der Waals surface area (Å²) in [5.41, 5.74) is -0.292. The number of halogens is 4. The first-order chi connectivity index (χ1) is 9.88.